The Kier molecular flexibility index (Phi) is 4.63. The van der Waals surface area contributed by atoms with Crippen LogP contribution in [0.3, 0.4) is 0 Å². The molecular formula is C13H19ClN4O. The zero-order chi connectivity index (χ0) is 13.8. The number of hydrogen-bond acceptors (Lipinski definition) is 4. The Morgan fingerprint density at radius 1 is 1.32 bits per heavy atom. The van der Waals surface area contributed by atoms with E-state index in [1.807, 2.05) is 31.2 Å². The summed E-state index contributed by atoms with van der Waals surface area (Å²) in [6.07, 6.45) is 0. The average molecular weight is 283 g/mol. The van der Waals surface area contributed by atoms with Crippen LogP contribution in [-0.2, 0) is 4.79 Å². The number of benzene rings is 1. The van der Waals surface area contributed by atoms with Gasteiger partial charge in [-0.3, -0.25) is 15.1 Å². The first kappa shape index (κ1) is 14.1. The number of anilines is 1. The molecule has 104 valence electrons. The maximum absolute atomic E-state index is 11.5. The van der Waals surface area contributed by atoms with Gasteiger partial charge < -0.3 is 4.90 Å². The SMILES string of the molecule is CC(C(=O)NN)N1CCN(c2ccccc2Cl)CC1. The molecule has 1 unspecified atom stereocenters. The van der Waals surface area contributed by atoms with Gasteiger partial charge in [0.15, 0.2) is 0 Å². The maximum atomic E-state index is 11.5. The third-order valence-corrected chi connectivity index (χ3v) is 3.90. The highest BCUT2D eigenvalue weighted by Gasteiger charge is 2.25. The molecule has 2 rings (SSSR count). The molecule has 1 aromatic carbocycles. The van der Waals surface area contributed by atoms with Gasteiger partial charge in [-0.15, -0.1) is 0 Å². The molecule has 0 radical (unpaired) electrons. The molecule has 1 saturated heterocycles. The summed E-state index contributed by atoms with van der Waals surface area (Å²) in [4.78, 5) is 15.9. The molecule has 1 heterocycles. The molecule has 1 aliphatic heterocycles. The van der Waals surface area contributed by atoms with E-state index in [-0.39, 0.29) is 11.9 Å². The minimum absolute atomic E-state index is 0.147. The number of rotatable bonds is 3. The fourth-order valence-corrected chi connectivity index (χ4v) is 2.60. The van der Waals surface area contributed by atoms with Crippen LogP contribution in [0.1, 0.15) is 6.92 Å². The third-order valence-electron chi connectivity index (χ3n) is 3.58. The summed E-state index contributed by atoms with van der Waals surface area (Å²) in [5.74, 6) is 5.02. The molecule has 1 amide bonds. The van der Waals surface area contributed by atoms with Crippen molar-refractivity contribution in [3.05, 3.63) is 29.3 Å². The Morgan fingerprint density at radius 3 is 2.53 bits per heavy atom. The zero-order valence-electron chi connectivity index (χ0n) is 11.0. The minimum Gasteiger partial charge on any atom is -0.368 e. The lowest BCUT2D eigenvalue weighted by molar-refractivity contribution is -0.126. The van der Waals surface area contributed by atoms with E-state index >= 15 is 0 Å². The first-order valence-corrected chi connectivity index (χ1v) is 6.75. The Bertz CT molecular complexity index is 446. The molecular weight excluding hydrogens is 264 g/mol. The van der Waals surface area contributed by atoms with Gasteiger partial charge >= 0.3 is 0 Å². The predicted octanol–water partition coefficient (Wildman–Crippen LogP) is 0.840. The number of hydrazine groups is 1. The predicted molar refractivity (Wildman–Crippen MR) is 77.0 cm³/mol. The summed E-state index contributed by atoms with van der Waals surface area (Å²) in [7, 11) is 0. The van der Waals surface area contributed by atoms with E-state index in [1.165, 1.54) is 0 Å². The summed E-state index contributed by atoms with van der Waals surface area (Å²) >= 11 is 6.19. The Morgan fingerprint density at radius 2 is 1.95 bits per heavy atom. The van der Waals surface area contributed by atoms with Gasteiger partial charge in [-0.2, -0.15) is 0 Å². The lowest BCUT2D eigenvalue weighted by Crippen LogP contribution is -2.54. The normalized spacial score (nSPS) is 18.2. The van der Waals surface area contributed by atoms with Crippen molar-refractivity contribution < 1.29 is 4.79 Å². The van der Waals surface area contributed by atoms with Gasteiger partial charge in [0.25, 0.3) is 5.91 Å². The lowest BCUT2D eigenvalue weighted by atomic mass is 10.2. The standard InChI is InChI=1S/C13H19ClN4O/c1-10(13(19)16-15)17-6-8-18(9-7-17)12-5-3-2-4-11(12)14/h2-5,10H,6-9,15H2,1H3,(H,16,19). The van der Waals surface area contributed by atoms with Crippen LogP contribution in [0, 0.1) is 0 Å². The number of hydrogen-bond donors (Lipinski definition) is 2. The van der Waals surface area contributed by atoms with E-state index in [0.29, 0.717) is 0 Å². The number of para-hydroxylation sites is 1. The van der Waals surface area contributed by atoms with Crippen molar-refractivity contribution in [2.45, 2.75) is 13.0 Å². The number of piperazine rings is 1. The van der Waals surface area contributed by atoms with Gasteiger partial charge in [-0.25, -0.2) is 5.84 Å². The minimum atomic E-state index is -0.196. The largest absolute Gasteiger partial charge is 0.368 e. The van der Waals surface area contributed by atoms with Crippen LogP contribution in [0.2, 0.25) is 5.02 Å². The summed E-state index contributed by atoms with van der Waals surface area (Å²) in [6.45, 7) is 5.21. The van der Waals surface area contributed by atoms with Gasteiger partial charge in [0.2, 0.25) is 0 Å². The van der Waals surface area contributed by atoms with Gasteiger partial charge in [0, 0.05) is 26.2 Å². The monoisotopic (exact) mass is 282 g/mol. The number of nitrogens with two attached hydrogens (primary N) is 1. The first-order chi connectivity index (χ1) is 9.13. The molecule has 0 aliphatic carbocycles. The van der Waals surface area contributed by atoms with Crippen molar-refractivity contribution in [3.63, 3.8) is 0 Å². The van der Waals surface area contributed by atoms with Crippen LogP contribution < -0.4 is 16.2 Å². The summed E-state index contributed by atoms with van der Waals surface area (Å²) in [5, 5.41) is 0.767. The molecule has 6 heteroatoms. The summed E-state index contributed by atoms with van der Waals surface area (Å²) in [6, 6.07) is 7.63. The second-order valence-electron chi connectivity index (χ2n) is 4.66. The van der Waals surface area contributed by atoms with Crippen molar-refractivity contribution in [1.82, 2.24) is 10.3 Å². The van der Waals surface area contributed by atoms with Crippen molar-refractivity contribution >= 4 is 23.2 Å². The smallest absolute Gasteiger partial charge is 0.250 e. The number of carbonyl (C=O) groups excluding carboxylic acids is 1. The van der Waals surface area contributed by atoms with E-state index < -0.39 is 0 Å². The van der Waals surface area contributed by atoms with Gasteiger partial charge in [-0.05, 0) is 19.1 Å². The van der Waals surface area contributed by atoms with Gasteiger partial charge in [0.1, 0.15) is 0 Å². The molecule has 1 aliphatic rings. The fraction of sp³-hybridized carbons (Fsp3) is 0.462. The molecule has 0 aromatic heterocycles. The molecule has 19 heavy (non-hydrogen) atoms. The van der Waals surface area contributed by atoms with E-state index in [9.17, 15) is 4.79 Å². The van der Waals surface area contributed by atoms with Crippen LogP contribution in [0.15, 0.2) is 24.3 Å². The third kappa shape index (κ3) is 3.18. The second kappa shape index (κ2) is 6.23. The van der Waals surface area contributed by atoms with E-state index in [2.05, 4.69) is 15.2 Å². The highest BCUT2D eigenvalue weighted by Crippen LogP contribution is 2.26. The molecule has 0 bridgehead atoms. The van der Waals surface area contributed by atoms with Crippen LogP contribution in [0.4, 0.5) is 5.69 Å². The highest BCUT2D eigenvalue weighted by molar-refractivity contribution is 6.33. The first-order valence-electron chi connectivity index (χ1n) is 6.37. The Hall–Kier alpha value is -1.30. The number of nitrogens with zero attached hydrogens (tertiary/aromatic N) is 2. The highest BCUT2D eigenvalue weighted by atomic mass is 35.5. The van der Waals surface area contributed by atoms with Crippen molar-refractivity contribution in [1.29, 1.82) is 0 Å². The quantitative estimate of drug-likeness (QED) is 0.490. The summed E-state index contributed by atoms with van der Waals surface area (Å²) in [5.41, 5.74) is 3.25. The average Bonchev–Trinajstić information content (AvgIpc) is 2.46. The molecule has 1 atom stereocenters. The van der Waals surface area contributed by atoms with Crippen LogP contribution in [-0.4, -0.2) is 43.0 Å². The van der Waals surface area contributed by atoms with Gasteiger partial charge in [-0.1, -0.05) is 23.7 Å². The van der Waals surface area contributed by atoms with Crippen molar-refractivity contribution in [2.75, 3.05) is 31.1 Å². The second-order valence-corrected chi connectivity index (χ2v) is 5.07. The van der Waals surface area contributed by atoms with E-state index in [0.717, 1.165) is 36.9 Å². The Balaban J connectivity index is 1.96. The number of carbonyl (C=O) groups is 1. The van der Waals surface area contributed by atoms with Crippen LogP contribution in [0.5, 0.6) is 0 Å². The molecule has 1 aromatic rings. The lowest BCUT2D eigenvalue weighted by Gasteiger charge is -2.38. The Labute approximate surface area is 118 Å². The van der Waals surface area contributed by atoms with Gasteiger partial charge in [0.05, 0.1) is 16.8 Å². The number of amides is 1. The van der Waals surface area contributed by atoms with E-state index in [1.54, 1.807) is 0 Å². The number of halogens is 1. The molecule has 0 saturated carbocycles. The zero-order valence-corrected chi connectivity index (χ0v) is 11.7. The number of nitrogens with one attached hydrogen (secondary N) is 1. The molecule has 3 N–H and O–H groups in total. The molecule has 1 fully saturated rings. The molecule has 0 spiro atoms. The van der Waals surface area contributed by atoms with Crippen LogP contribution >= 0.6 is 11.6 Å². The molecule has 5 nitrogen and oxygen atoms in total. The van der Waals surface area contributed by atoms with Crippen molar-refractivity contribution in [2.24, 2.45) is 5.84 Å². The maximum Gasteiger partial charge on any atom is 0.250 e. The van der Waals surface area contributed by atoms with Crippen molar-refractivity contribution in [3.8, 4) is 0 Å². The van der Waals surface area contributed by atoms with E-state index in [4.69, 9.17) is 17.4 Å². The van der Waals surface area contributed by atoms with Crippen LogP contribution in [0.25, 0.3) is 0 Å². The topological polar surface area (TPSA) is 61.6 Å². The summed E-state index contributed by atoms with van der Waals surface area (Å²) < 4.78 is 0. The fourth-order valence-electron chi connectivity index (χ4n) is 2.34.